The van der Waals surface area contributed by atoms with Crippen molar-refractivity contribution in [2.24, 2.45) is 5.92 Å². The average molecular weight is 412 g/mol. The molecule has 1 aliphatic heterocycles. The molecule has 1 aromatic heterocycles. The molecular formula is C24H33N3O3. The number of carbonyl (C=O) groups excluding carboxylic acids is 1. The van der Waals surface area contributed by atoms with Crippen molar-refractivity contribution in [1.82, 2.24) is 14.8 Å². The first-order valence-electron chi connectivity index (χ1n) is 10.8. The molecule has 1 amide bonds. The number of likely N-dealkylation sites (tertiary alicyclic amines) is 1. The van der Waals surface area contributed by atoms with Crippen LogP contribution in [0.1, 0.15) is 43.9 Å². The average Bonchev–Trinajstić information content (AvgIpc) is 2.75. The van der Waals surface area contributed by atoms with Crippen LogP contribution in [0.15, 0.2) is 47.4 Å². The third-order valence-electron chi connectivity index (χ3n) is 5.67. The first-order valence-corrected chi connectivity index (χ1v) is 10.8. The van der Waals surface area contributed by atoms with Crippen LogP contribution < -0.4 is 15.5 Å². The molecule has 0 radical (unpaired) electrons. The van der Waals surface area contributed by atoms with Gasteiger partial charge in [0, 0.05) is 24.8 Å². The number of pyridine rings is 1. The van der Waals surface area contributed by atoms with Gasteiger partial charge in [-0.1, -0.05) is 44.2 Å². The molecule has 1 saturated heterocycles. The summed E-state index contributed by atoms with van der Waals surface area (Å²) in [4.78, 5) is 27.1. The monoisotopic (exact) mass is 411 g/mol. The van der Waals surface area contributed by atoms with Crippen LogP contribution in [0.3, 0.4) is 0 Å². The minimum absolute atomic E-state index is 0.0570. The van der Waals surface area contributed by atoms with E-state index >= 15 is 0 Å². The molecule has 1 aromatic carbocycles. The Kier molecular flexibility index (Phi) is 7.69. The summed E-state index contributed by atoms with van der Waals surface area (Å²) in [6.07, 6.45) is 3.85. The molecule has 2 aromatic rings. The predicted octanol–water partition coefficient (Wildman–Crippen LogP) is 3.01. The number of carbonyl (C=O) groups is 1. The Morgan fingerprint density at radius 3 is 2.53 bits per heavy atom. The SMILES string of the molecule is COc1cn(CC(=O)NCC(C)C)c(CN2CCC(c3ccccc3)CC2)cc1=O. The molecule has 6 heteroatoms. The van der Waals surface area contributed by atoms with Gasteiger partial charge in [0.05, 0.1) is 13.3 Å². The first-order chi connectivity index (χ1) is 14.5. The summed E-state index contributed by atoms with van der Waals surface area (Å²) >= 11 is 0. The number of methoxy groups -OCH3 is 1. The third kappa shape index (κ3) is 5.95. The molecule has 1 N–H and O–H groups in total. The number of piperidine rings is 1. The summed E-state index contributed by atoms with van der Waals surface area (Å²) in [7, 11) is 1.48. The molecule has 1 aliphatic rings. The highest BCUT2D eigenvalue weighted by Crippen LogP contribution is 2.28. The fourth-order valence-electron chi connectivity index (χ4n) is 3.94. The van der Waals surface area contributed by atoms with Crippen molar-refractivity contribution in [3.63, 3.8) is 0 Å². The van der Waals surface area contributed by atoms with Crippen molar-refractivity contribution in [3.8, 4) is 5.75 Å². The fourth-order valence-corrected chi connectivity index (χ4v) is 3.94. The minimum Gasteiger partial charge on any atom is -0.491 e. The molecule has 0 spiro atoms. The summed E-state index contributed by atoms with van der Waals surface area (Å²) in [6, 6.07) is 12.3. The van der Waals surface area contributed by atoms with Gasteiger partial charge in [0.15, 0.2) is 5.75 Å². The molecule has 0 bridgehead atoms. The Morgan fingerprint density at radius 1 is 1.20 bits per heavy atom. The molecule has 0 atom stereocenters. The number of hydrogen-bond acceptors (Lipinski definition) is 4. The van der Waals surface area contributed by atoms with Gasteiger partial charge in [0.1, 0.15) is 6.54 Å². The maximum atomic E-state index is 12.4. The van der Waals surface area contributed by atoms with Crippen LogP contribution >= 0.6 is 0 Å². The second-order valence-corrected chi connectivity index (χ2v) is 8.48. The van der Waals surface area contributed by atoms with E-state index in [0.29, 0.717) is 24.9 Å². The van der Waals surface area contributed by atoms with E-state index in [1.54, 1.807) is 12.3 Å². The summed E-state index contributed by atoms with van der Waals surface area (Å²) in [5.74, 6) is 1.18. The lowest BCUT2D eigenvalue weighted by atomic mass is 9.89. The highest BCUT2D eigenvalue weighted by molar-refractivity contribution is 5.75. The van der Waals surface area contributed by atoms with Gasteiger partial charge in [-0.25, -0.2) is 0 Å². The summed E-state index contributed by atoms with van der Waals surface area (Å²) in [5, 5.41) is 2.95. The van der Waals surface area contributed by atoms with E-state index in [4.69, 9.17) is 4.74 Å². The highest BCUT2D eigenvalue weighted by Gasteiger charge is 2.22. The number of rotatable bonds is 8. The topological polar surface area (TPSA) is 63.6 Å². The molecule has 3 rings (SSSR count). The molecule has 2 heterocycles. The van der Waals surface area contributed by atoms with Crippen molar-refractivity contribution in [2.45, 2.75) is 45.7 Å². The normalized spacial score (nSPS) is 15.3. The van der Waals surface area contributed by atoms with Crippen LogP contribution in [-0.4, -0.2) is 42.1 Å². The summed E-state index contributed by atoms with van der Waals surface area (Å²) in [6.45, 7) is 7.54. The van der Waals surface area contributed by atoms with Crippen LogP contribution in [0, 0.1) is 5.92 Å². The van der Waals surface area contributed by atoms with Gasteiger partial charge in [-0.2, -0.15) is 0 Å². The van der Waals surface area contributed by atoms with Crippen LogP contribution in [-0.2, 0) is 17.9 Å². The van der Waals surface area contributed by atoms with E-state index in [9.17, 15) is 9.59 Å². The van der Waals surface area contributed by atoms with Crippen molar-refractivity contribution < 1.29 is 9.53 Å². The Labute approximate surface area is 178 Å². The van der Waals surface area contributed by atoms with E-state index in [1.165, 1.54) is 12.7 Å². The Morgan fingerprint density at radius 2 is 1.90 bits per heavy atom. The second kappa shape index (κ2) is 10.4. The number of nitrogens with zero attached hydrogens (tertiary/aromatic N) is 2. The Bertz CT molecular complexity index is 884. The number of aromatic nitrogens is 1. The zero-order chi connectivity index (χ0) is 21.5. The van der Waals surface area contributed by atoms with Crippen LogP contribution in [0.2, 0.25) is 0 Å². The smallest absolute Gasteiger partial charge is 0.239 e. The number of amides is 1. The van der Waals surface area contributed by atoms with Gasteiger partial charge in [0.2, 0.25) is 11.3 Å². The molecular weight excluding hydrogens is 378 g/mol. The summed E-state index contributed by atoms with van der Waals surface area (Å²) < 4.78 is 7.04. The van der Waals surface area contributed by atoms with E-state index in [1.807, 2.05) is 4.57 Å². The summed E-state index contributed by atoms with van der Waals surface area (Å²) in [5.41, 5.74) is 2.10. The zero-order valence-electron chi connectivity index (χ0n) is 18.3. The Hall–Kier alpha value is -2.60. The quantitative estimate of drug-likeness (QED) is 0.725. The molecule has 0 saturated carbocycles. The lowest BCUT2D eigenvalue weighted by Crippen LogP contribution is -2.35. The van der Waals surface area contributed by atoms with Gasteiger partial charge in [-0.3, -0.25) is 14.5 Å². The lowest BCUT2D eigenvalue weighted by molar-refractivity contribution is -0.121. The number of hydrogen-bond donors (Lipinski definition) is 1. The second-order valence-electron chi connectivity index (χ2n) is 8.48. The minimum atomic E-state index is -0.148. The third-order valence-corrected chi connectivity index (χ3v) is 5.67. The van der Waals surface area contributed by atoms with Crippen molar-refractivity contribution >= 4 is 5.91 Å². The molecule has 162 valence electrons. The maximum Gasteiger partial charge on any atom is 0.239 e. The van der Waals surface area contributed by atoms with Crippen LogP contribution in [0.4, 0.5) is 0 Å². The Balaban J connectivity index is 1.68. The van der Waals surface area contributed by atoms with Gasteiger partial charge in [-0.05, 0) is 43.3 Å². The standard InChI is InChI=1S/C24H33N3O3/c1-18(2)14-25-24(29)17-27-16-23(30-3)22(28)13-21(27)15-26-11-9-20(10-12-26)19-7-5-4-6-8-19/h4-8,13,16,18,20H,9-12,14-15,17H2,1-3H3,(H,25,29). The van der Waals surface area contributed by atoms with E-state index in [-0.39, 0.29) is 23.6 Å². The number of nitrogens with one attached hydrogen (secondary N) is 1. The van der Waals surface area contributed by atoms with Crippen molar-refractivity contribution in [3.05, 3.63) is 64.1 Å². The van der Waals surface area contributed by atoms with Gasteiger partial charge in [-0.15, -0.1) is 0 Å². The highest BCUT2D eigenvalue weighted by atomic mass is 16.5. The number of ether oxygens (including phenoxy) is 1. The largest absolute Gasteiger partial charge is 0.491 e. The molecule has 1 fully saturated rings. The van der Waals surface area contributed by atoms with Crippen molar-refractivity contribution in [2.75, 3.05) is 26.7 Å². The molecule has 6 nitrogen and oxygen atoms in total. The maximum absolute atomic E-state index is 12.4. The van der Waals surface area contributed by atoms with Crippen molar-refractivity contribution in [1.29, 1.82) is 0 Å². The van der Waals surface area contributed by atoms with Gasteiger partial charge < -0.3 is 14.6 Å². The zero-order valence-corrected chi connectivity index (χ0v) is 18.3. The predicted molar refractivity (Wildman–Crippen MR) is 119 cm³/mol. The van der Waals surface area contributed by atoms with E-state index in [0.717, 1.165) is 31.6 Å². The fraction of sp³-hybridized carbons (Fsp3) is 0.500. The molecule has 0 aliphatic carbocycles. The molecule has 0 unspecified atom stereocenters. The van der Waals surface area contributed by atoms with E-state index < -0.39 is 0 Å². The van der Waals surface area contributed by atoms with E-state index in [2.05, 4.69) is 54.4 Å². The van der Waals surface area contributed by atoms with Gasteiger partial charge in [0.25, 0.3) is 0 Å². The lowest BCUT2D eigenvalue weighted by Gasteiger charge is -2.32. The molecule has 30 heavy (non-hydrogen) atoms. The van der Waals surface area contributed by atoms with Crippen LogP contribution in [0.5, 0.6) is 5.75 Å². The first kappa shape index (κ1) is 22.1. The van der Waals surface area contributed by atoms with Crippen LogP contribution in [0.25, 0.3) is 0 Å². The van der Waals surface area contributed by atoms with Gasteiger partial charge >= 0.3 is 0 Å². The number of benzene rings is 1.